The second kappa shape index (κ2) is 8.22. The first-order valence-corrected chi connectivity index (χ1v) is 11.2. The molecule has 0 unspecified atom stereocenters. The fourth-order valence-corrected chi connectivity index (χ4v) is 5.12. The van der Waals surface area contributed by atoms with Crippen LogP contribution >= 0.6 is 0 Å². The molecule has 3 aromatic rings. The van der Waals surface area contributed by atoms with Crippen LogP contribution < -0.4 is 0 Å². The van der Waals surface area contributed by atoms with Crippen LogP contribution in [0.4, 0.5) is 0 Å². The molecule has 4 rings (SSSR count). The van der Waals surface area contributed by atoms with Crippen LogP contribution in [0.1, 0.15) is 21.7 Å². The highest BCUT2D eigenvalue weighted by atomic mass is 32.2. The molecule has 1 amide bonds. The molecule has 0 atom stereocenters. The number of hydrogen-bond donors (Lipinski definition) is 0. The number of nitrogens with zero attached hydrogens (tertiary/aromatic N) is 2. The van der Waals surface area contributed by atoms with Crippen LogP contribution in [0.5, 0.6) is 0 Å². The van der Waals surface area contributed by atoms with Crippen molar-refractivity contribution in [3.63, 3.8) is 0 Å². The lowest BCUT2D eigenvalue weighted by atomic mass is 10.1. The molecule has 7 nitrogen and oxygen atoms in total. The van der Waals surface area contributed by atoms with Crippen LogP contribution in [-0.2, 0) is 21.4 Å². The zero-order chi connectivity index (χ0) is 21.3. The van der Waals surface area contributed by atoms with Gasteiger partial charge in [0.2, 0.25) is 10.0 Å². The molecule has 1 aliphatic heterocycles. The Balaban J connectivity index is 1.52. The maximum atomic E-state index is 13.1. The van der Waals surface area contributed by atoms with Crippen LogP contribution in [0.15, 0.2) is 57.8 Å². The zero-order valence-corrected chi connectivity index (χ0v) is 17.8. The Morgan fingerprint density at radius 3 is 2.37 bits per heavy atom. The summed E-state index contributed by atoms with van der Waals surface area (Å²) in [5.74, 6) is 0.0125. The summed E-state index contributed by atoms with van der Waals surface area (Å²) in [7, 11) is -2.00. The Bertz CT molecular complexity index is 1160. The maximum absolute atomic E-state index is 13.1. The van der Waals surface area contributed by atoms with Gasteiger partial charge in [0.05, 0.1) is 11.5 Å². The summed E-state index contributed by atoms with van der Waals surface area (Å²) < 4.78 is 38.3. The summed E-state index contributed by atoms with van der Waals surface area (Å²) in [4.78, 5) is 15.0. The summed E-state index contributed by atoms with van der Waals surface area (Å²) in [6, 6.07) is 14.3. The third kappa shape index (κ3) is 3.74. The maximum Gasteiger partial charge on any atom is 0.290 e. The number of rotatable bonds is 5. The highest BCUT2D eigenvalue weighted by Crippen LogP contribution is 2.28. The number of methoxy groups -OCH3 is 1. The van der Waals surface area contributed by atoms with Crippen molar-refractivity contribution < 1.29 is 22.4 Å². The summed E-state index contributed by atoms with van der Waals surface area (Å²) in [5, 5.41) is 0.850. The molecule has 0 saturated carbocycles. The third-order valence-corrected chi connectivity index (χ3v) is 7.28. The van der Waals surface area contributed by atoms with E-state index in [9.17, 15) is 13.2 Å². The van der Waals surface area contributed by atoms with E-state index in [1.165, 1.54) is 4.31 Å². The average Bonchev–Trinajstić information content (AvgIpc) is 3.12. The van der Waals surface area contributed by atoms with Crippen molar-refractivity contribution in [3.05, 3.63) is 65.4 Å². The second-order valence-corrected chi connectivity index (χ2v) is 9.29. The molecular weight excluding hydrogens is 404 g/mol. The minimum Gasteiger partial charge on any atom is -0.451 e. The van der Waals surface area contributed by atoms with Crippen molar-refractivity contribution in [2.45, 2.75) is 18.4 Å². The predicted molar refractivity (Wildman–Crippen MR) is 113 cm³/mol. The molecule has 2 aromatic carbocycles. The predicted octanol–water partition coefficient (Wildman–Crippen LogP) is 3.03. The number of fused-ring (bicyclic) bond motifs is 1. The normalized spacial score (nSPS) is 15.6. The molecule has 1 fully saturated rings. The van der Waals surface area contributed by atoms with E-state index in [1.54, 1.807) is 36.3 Å². The van der Waals surface area contributed by atoms with Crippen LogP contribution in [0.2, 0.25) is 0 Å². The van der Waals surface area contributed by atoms with Gasteiger partial charge in [-0.1, -0.05) is 35.9 Å². The van der Waals surface area contributed by atoms with Crippen LogP contribution in [0, 0.1) is 6.92 Å². The first-order chi connectivity index (χ1) is 14.4. The van der Waals surface area contributed by atoms with Crippen LogP contribution in [-0.4, -0.2) is 56.8 Å². The summed E-state index contributed by atoms with van der Waals surface area (Å²) in [6.45, 7) is 3.25. The minimum atomic E-state index is -3.58. The van der Waals surface area contributed by atoms with Crippen molar-refractivity contribution >= 4 is 26.9 Å². The van der Waals surface area contributed by atoms with Gasteiger partial charge < -0.3 is 14.1 Å². The smallest absolute Gasteiger partial charge is 0.290 e. The Labute approximate surface area is 175 Å². The van der Waals surface area contributed by atoms with Gasteiger partial charge in [-0.3, -0.25) is 4.79 Å². The monoisotopic (exact) mass is 428 g/mol. The molecule has 2 heterocycles. The lowest BCUT2D eigenvalue weighted by Gasteiger charge is -2.33. The molecule has 0 bridgehead atoms. The van der Waals surface area contributed by atoms with E-state index in [0.717, 1.165) is 10.9 Å². The molecule has 1 saturated heterocycles. The van der Waals surface area contributed by atoms with Crippen molar-refractivity contribution in [2.75, 3.05) is 33.3 Å². The zero-order valence-electron chi connectivity index (χ0n) is 17.0. The highest BCUT2D eigenvalue weighted by molar-refractivity contribution is 7.89. The molecule has 0 aliphatic carbocycles. The lowest BCUT2D eigenvalue weighted by molar-refractivity contribution is 0.0662. The van der Waals surface area contributed by atoms with Crippen molar-refractivity contribution in [2.24, 2.45) is 0 Å². The quantitative estimate of drug-likeness (QED) is 0.624. The van der Waals surface area contributed by atoms with E-state index in [0.29, 0.717) is 24.2 Å². The van der Waals surface area contributed by atoms with Gasteiger partial charge in [0.15, 0.2) is 5.76 Å². The van der Waals surface area contributed by atoms with Gasteiger partial charge in [-0.2, -0.15) is 4.31 Å². The van der Waals surface area contributed by atoms with Gasteiger partial charge in [-0.25, -0.2) is 8.42 Å². The minimum absolute atomic E-state index is 0.238. The number of ether oxygens (including phenoxy) is 1. The van der Waals surface area contributed by atoms with Crippen LogP contribution in [0.3, 0.4) is 0 Å². The first-order valence-electron chi connectivity index (χ1n) is 9.77. The van der Waals surface area contributed by atoms with Crippen LogP contribution in [0.25, 0.3) is 11.0 Å². The average molecular weight is 429 g/mol. The van der Waals surface area contributed by atoms with E-state index >= 15 is 0 Å². The van der Waals surface area contributed by atoms with E-state index in [-0.39, 0.29) is 36.3 Å². The molecule has 0 spiro atoms. The van der Waals surface area contributed by atoms with Crippen molar-refractivity contribution in [1.29, 1.82) is 0 Å². The van der Waals surface area contributed by atoms with Gasteiger partial charge >= 0.3 is 0 Å². The number of benzene rings is 2. The van der Waals surface area contributed by atoms with E-state index in [1.807, 2.05) is 31.2 Å². The Hall–Kier alpha value is -2.68. The van der Waals surface area contributed by atoms with Crippen molar-refractivity contribution in [3.8, 4) is 0 Å². The number of sulfonamides is 1. The summed E-state index contributed by atoms with van der Waals surface area (Å²) in [6.07, 6.45) is 0. The second-order valence-electron chi connectivity index (χ2n) is 7.35. The van der Waals surface area contributed by atoms with E-state index < -0.39 is 10.0 Å². The van der Waals surface area contributed by atoms with Crippen molar-refractivity contribution in [1.82, 2.24) is 9.21 Å². The summed E-state index contributed by atoms with van der Waals surface area (Å²) in [5.41, 5.74) is 2.35. The Kier molecular flexibility index (Phi) is 5.64. The summed E-state index contributed by atoms with van der Waals surface area (Å²) >= 11 is 0. The van der Waals surface area contributed by atoms with Gasteiger partial charge in [0, 0.05) is 44.2 Å². The lowest BCUT2D eigenvalue weighted by Crippen LogP contribution is -2.50. The molecule has 0 N–H and O–H groups in total. The number of carbonyl (C=O) groups is 1. The van der Waals surface area contributed by atoms with Gasteiger partial charge in [-0.05, 0) is 25.1 Å². The van der Waals surface area contributed by atoms with Gasteiger partial charge in [0.25, 0.3) is 5.91 Å². The molecule has 30 heavy (non-hydrogen) atoms. The fourth-order valence-electron chi connectivity index (χ4n) is 3.69. The molecular formula is C22H24N2O5S. The third-order valence-electron chi connectivity index (χ3n) is 5.37. The SMILES string of the molecule is COCc1c(C(=O)N2CCN(S(=O)(=O)c3ccc(C)cc3)CC2)oc2ccccc12. The fraction of sp³-hybridized carbons (Fsp3) is 0.318. The number of aryl methyl sites for hydroxylation is 1. The number of para-hydroxylation sites is 1. The van der Waals surface area contributed by atoms with E-state index in [2.05, 4.69) is 0 Å². The largest absolute Gasteiger partial charge is 0.451 e. The number of carbonyl (C=O) groups excluding carboxylic acids is 1. The Morgan fingerprint density at radius 1 is 1.03 bits per heavy atom. The molecule has 8 heteroatoms. The molecule has 1 aliphatic rings. The van der Waals surface area contributed by atoms with Gasteiger partial charge in [0.1, 0.15) is 5.58 Å². The number of amides is 1. The number of piperazine rings is 1. The first kappa shape index (κ1) is 20.6. The highest BCUT2D eigenvalue weighted by Gasteiger charge is 2.32. The molecule has 0 radical (unpaired) electrons. The standard InChI is InChI=1S/C22H24N2O5S/c1-16-7-9-17(10-8-16)30(26,27)24-13-11-23(12-14-24)22(25)21-19(15-28-2)18-5-3-4-6-20(18)29-21/h3-10H,11-15H2,1-2H3. The Morgan fingerprint density at radius 2 is 1.70 bits per heavy atom. The topological polar surface area (TPSA) is 80.1 Å². The van der Waals surface area contributed by atoms with E-state index in [4.69, 9.17) is 9.15 Å². The van der Waals surface area contributed by atoms with Gasteiger partial charge in [-0.15, -0.1) is 0 Å². The number of furan rings is 1. The molecule has 1 aromatic heterocycles. The number of hydrogen-bond acceptors (Lipinski definition) is 5. The molecule has 158 valence electrons.